The number of carbonyl (C=O) groups is 1. The van der Waals surface area contributed by atoms with Crippen molar-refractivity contribution in [1.82, 2.24) is 25.2 Å². The normalized spacial score (nSPS) is 17.6. The number of fused-ring (bicyclic) bond motifs is 1. The van der Waals surface area contributed by atoms with E-state index >= 15 is 4.39 Å². The van der Waals surface area contributed by atoms with Gasteiger partial charge in [0.2, 0.25) is 0 Å². The molecule has 0 spiro atoms. The van der Waals surface area contributed by atoms with Crippen molar-refractivity contribution in [2.24, 2.45) is 4.99 Å². The van der Waals surface area contributed by atoms with Crippen LogP contribution < -0.4 is 15.8 Å². The Bertz CT molecular complexity index is 1140. The Morgan fingerprint density at radius 1 is 1.33 bits per heavy atom. The summed E-state index contributed by atoms with van der Waals surface area (Å²) in [6.07, 6.45) is 8.61. The summed E-state index contributed by atoms with van der Waals surface area (Å²) in [5.41, 5.74) is 9.15. The largest absolute Gasteiger partial charge is 0.394 e. The predicted octanol–water partition coefficient (Wildman–Crippen LogP) is 0.752. The average molecular weight is 454 g/mol. The van der Waals surface area contributed by atoms with Crippen LogP contribution in [0.25, 0.3) is 0 Å². The molecule has 3 aliphatic heterocycles. The van der Waals surface area contributed by atoms with E-state index in [9.17, 15) is 4.79 Å². The molecule has 0 radical (unpaired) electrons. The molecule has 12 heteroatoms. The van der Waals surface area contributed by atoms with Crippen LogP contribution in [0.2, 0.25) is 0 Å². The minimum Gasteiger partial charge on any atom is -0.394 e. The van der Waals surface area contributed by atoms with Crippen molar-refractivity contribution in [1.29, 1.82) is 0 Å². The molecule has 172 valence electrons. The number of benzene rings is 1. The molecule has 5 rings (SSSR count). The van der Waals surface area contributed by atoms with Gasteiger partial charge < -0.3 is 20.2 Å². The van der Waals surface area contributed by atoms with Gasteiger partial charge in [0.15, 0.2) is 5.82 Å². The molecular weight excluding hydrogens is 431 g/mol. The number of hydrazine groups is 2. The number of morpholine rings is 1. The standard InChI is InChI=1S/C21H23FN8O3/c22-21-15(2-1-3-18(21)29-5-7-33-13-20(29)32)10-30-19-12-28(14-23-17(19)9-25-30)26-16-8-24-27(11-16)4-6-31/h1-3,8-9,11-12,14,25-26,31H,4-7,10,13H2. The molecule has 2 aromatic rings. The van der Waals surface area contributed by atoms with Gasteiger partial charge in [-0.1, -0.05) is 12.1 Å². The Morgan fingerprint density at radius 3 is 3.09 bits per heavy atom. The second kappa shape index (κ2) is 8.92. The molecule has 0 bridgehead atoms. The molecule has 1 aromatic carbocycles. The quantitative estimate of drug-likeness (QED) is 0.562. The second-order valence-electron chi connectivity index (χ2n) is 7.59. The van der Waals surface area contributed by atoms with Gasteiger partial charge in [-0.15, -0.1) is 0 Å². The van der Waals surface area contributed by atoms with E-state index in [1.54, 1.807) is 57.8 Å². The molecule has 0 aliphatic carbocycles. The molecule has 3 N–H and O–H groups in total. The van der Waals surface area contributed by atoms with Crippen LogP contribution in [0.4, 0.5) is 15.8 Å². The van der Waals surface area contributed by atoms with Crippen LogP contribution in [0.1, 0.15) is 5.56 Å². The first kappa shape index (κ1) is 21.0. The third-order valence-corrected chi connectivity index (χ3v) is 5.38. The summed E-state index contributed by atoms with van der Waals surface area (Å²) in [7, 11) is 0. The van der Waals surface area contributed by atoms with Crippen molar-refractivity contribution in [3.8, 4) is 0 Å². The van der Waals surface area contributed by atoms with E-state index in [0.717, 1.165) is 11.4 Å². The zero-order chi connectivity index (χ0) is 22.8. The van der Waals surface area contributed by atoms with Crippen LogP contribution in [-0.4, -0.2) is 63.5 Å². The van der Waals surface area contributed by atoms with Gasteiger partial charge in [0.1, 0.15) is 24.3 Å². The highest BCUT2D eigenvalue weighted by Gasteiger charge is 2.27. The number of hydrogen-bond acceptors (Lipinski definition) is 9. The molecule has 3 aliphatic rings. The summed E-state index contributed by atoms with van der Waals surface area (Å²) >= 11 is 0. The third-order valence-electron chi connectivity index (χ3n) is 5.38. The van der Waals surface area contributed by atoms with Crippen molar-refractivity contribution in [3.63, 3.8) is 0 Å². The summed E-state index contributed by atoms with van der Waals surface area (Å²) < 4.78 is 22.1. The van der Waals surface area contributed by atoms with Crippen LogP contribution in [-0.2, 0) is 22.6 Å². The molecule has 1 fully saturated rings. The molecule has 0 atom stereocenters. The van der Waals surface area contributed by atoms with Crippen LogP contribution in [0.3, 0.4) is 0 Å². The van der Waals surface area contributed by atoms with E-state index < -0.39 is 5.82 Å². The highest BCUT2D eigenvalue weighted by molar-refractivity contribution is 5.95. The van der Waals surface area contributed by atoms with Crippen molar-refractivity contribution in [3.05, 3.63) is 65.8 Å². The number of ether oxygens (including phenoxy) is 1. The number of hydrogen-bond donors (Lipinski definition) is 3. The number of carbonyl (C=O) groups excluding carboxylic acids is 1. The van der Waals surface area contributed by atoms with Crippen LogP contribution in [0.5, 0.6) is 0 Å². The number of aromatic nitrogens is 2. The number of anilines is 2. The third kappa shape index (κ3) is 4.25. The Morgan fingerprint density at radius 2 is 2.24 bits per heavy atom. The summed E-state index contributed by atoms with van der Waals surface area (Å²) in [5, 5.41) is 16.6. The number of halogens is 1. The molecular formula is C21H23FN8O3. The summed E-state index contributed by atoms with van der Waals surface area (Å²) in [6.45, 7) is 1.29. The van der Waals surface area contributed by atoms with Crippen molar-refractivity contribution in [2.75, 3.05) is 36.7 Å². The van der Waals surface area contributed by atoms with Gasteiger partial charge in [0, 0.05) is 24.5 Å². The zero-order valence-corrected chi connectivity index (χ0v) is 17.7. The van der Waals surface area contributed by atoms with Gasteiger partial charge in [-0.25, -0.2) is 14.4 Å². The number of amides is 1. The zero-order valence-electron chi connectivity index (χ0n) is 17.7. The van der Waals surface area contributed by atoms with E-state index in [4.69, 9.17) is 9.84 Å². The van der Waals surface area contributed by atoms with Crippen LogP contribution in [0, 0.1) is 5.82 Å². The number of aliphatic hydroxyl groups is 1. The molecule has 1 aromatic heterocycles. The molecule has 4 heterocycles. The Balaban J connectivity index is 1.31. The fraction of sp³-hybridized carbons (Fsp3) is 0.286. The maximum atomic E-state index is 15.3. The lowest BCUT2D eigenvalue weighted by atomic mass is 10.1. The van der Waals surface area contributed by atoms with Gasteiger partial charge in [-0.3, -0.25) is 19.9 Å². The highest BCUT2D eigenvalue weighted by atomic mass is 19.1. The number of nitrogens with one attached hydrogen (secondary N) is 2. The Kier molecular flexibility index (Phi) is 5.67. The molecule has 0 saturated carbocycles. The van der Waals surface area contributed by atoms with E-state index in [-0.39, 0.29) is 31.4 Å². The highest BCUT2D eigenvalue weighted by Crippen LogP contribution is 2.29. The van der Waals surface area contributed by atoms with E-state index in [1.807, 2.05) is 6.20 Å². The minimum atomic E-state index is -0.436. The van der Waals surface area contributed by atoms with Crippen molar-refractivity contribution >= 4 is 23.6 Å². The average Bonchev–Trinajstić information content (AvgIpc) is 3.43. The number of aliphatic hydroxyl groups excluding tert-OH is 1. The molecule has 11 nitrogen and oxygen atoms in total. The van der Waals surface area contributed by atoms with Gasteiger partial charge in [-0.2, -0.15) is 5.10 Å². The van der Waals surface area contributed by atoms with Gasteiger partial charge >= 0.3 is 0 Å². The van der Waals surface area contributed by atoms with Crippen LogP contribution >= 0.6 is 0 Å². The van der Waals surface area contributed by atoms with Gasteiger partial charge in [0.25, 0.3) is 5.91 Å². The smallest absolute Gasteiger partial charge is 0.253 e. The first-order chi connectivity index (χ1) is 16.1. The van der Waals surface area contributed by atoms with Crippen molar-refractivity contribution in [2.45, 2.75) is 13.1 Å². The molecule has 1 amide bonds. The maximum absolute atomic E-state index is 15.3. The Hall–Kier alpha value is -3.90. The molecule has 1 saturated heterocycles. The maximum Gasteiger partial charge on any atom is 0.253 e. The fourth-order valence-corrected chi connectivity index (χ4v) is 3.78. The number of nitrogens with zero attached hydrogens (tertiary/aromatic N) is 6. The van der Waals surface area contributed by atoms with Crippen LogP contribution in [0.15, 0.2) is 59.4 Å². The second-order valence-corrected chi connectivity index (χ2v) is 7.59. The van der Waals surface area contributed by atoms with E-state index in [1.165, 1.54) is 4.90 Å². The summed E-state index contributed by atoms with van der Waals surface area (Å²) in [5.74, 6) is -0.692. The van der Waals surface area contributed by atoms with Gasteiger partial charge in [-0.05, 0) is 6.07 Å². The fourth-order valence-electron chi connectivity index (χ4n) is 3.78. The lowest BCUT2D eigenvalue weighted by molar-refractivity contribution is -0.125. The summed E-state index contributed by atoms with van der Waals surface area (Å²) in [6, 6.07) is 5.05. The number of rotatable bonds is 7. The lowest BCUT2D eigenvalue weighted by Gasteiger charge is -2.29. The summed E-state index contributed by atoms with van der Waals surface area (Å²) in [4.78, 5) is 18.0. The van der Waals surface area contributed by atoms with E-state index in [2.05, 4.69) is 20.9 Å². The first-order valence-corrected chi connectivity index (χ1v) is 10.5. The van der Waals surface area contributed by atoms with E-state index in [0.29, 0.717) is 31.0 Å². The first-order valence-electron chi connectivity index (χ1n) is 10.5. The topological polar surface area (TPSA) is 110 Å². The monoisotopic (exact) mass is 454 g/mol. The number of aliphatic imine (C=N–C) groups is 1. The SMILES string of the molecule is O=C1COCCN1c1cccc(CN2NC=C3N=CN(Nc4cnn(CCO)c4)C=C32)c1F. The predicted molar refractivity (Wildman–Crippen MR) is 118 cm³/mol. The molecule has 0 unspecified atom stereocenters. The Labute approximate surface area is 189 Å². The molecule has 33 heavy (non-hydrogen) atoms. The van der Waals surface area contributed by atoms with Gasteiger partial charge in [0.05, 0.1) is 50.1 Å². The van der Waals surface area contributed by atoms with Crippen molar-refractivity contribution < 1.29 is 19.0 Å². The minimum absolute atomic E-state index is 0.00257. The lowest BCUT2D eigenvalue weighted by Crippen LogP contribution is -2.42.